The van der Waals surface area contributed by atoms with Crippen molar-refractivity contribution in [2.75, 3.05) is 11.4 Å². The third-order valence-corrected chi connectivity index (χ3v) is 3.28. The van der Waals surface area contributed by atoms with Crippen LogP contribution < -0.4 is 4.90 Å². The molecule has 1 aromatic carbocycles. The maximum Gasteiger partial charge on any atom is 0.414 e. The van der Waals surface area contributed by atoms with E-state index in [-0.39, 0.29) is 6.09 Å². The minimum absolute atomic E-state index is 0.247. The molecule has 0 unspecified atom stereocenters. The summed E-state index contributed by atoms with van der Waals surface area (Å²) in [4.78, 5) is 13.9. The summed E-state index contributed by atoms with van der Waals surface area (Å²) in [6.45, 7) is 10.8. The quantitative estimate of drug-likeness (QED) is 0.761. The molecule has 2 rings (SSSR count). The Morgan fingerprint density at radius 1 is 1.32 bits per heavy atom. The molecular weight excluding hydrogens is 238 g/mol. The molecule has 19 heavy (non-hydrogen) atoms. The van der Waals surface area contributed by atoms with Gasteiger partial charge in [0.15, 0.2) is 0 Å². The Morgan fingerprint density at radius 2 is 2.00 bits per heavy atom. The Hall–Kier alpha value is -1.51. The van der Waals surface area contributed by atoms with Crippen molar-refractivity contribution in [3.05, 3.63) is 29.3 Å². The molecule has 3 heteroatoms. The number of fused-ring (bicyclic) bond motifs is 1. The van der Waals surface area contributed by atoms with Gasteiger partial charge < -0.3 is 4.74 Å². The number of nitrogens with zero attached hydrogens (tertiary/aromatic N) is 1. The summed E-state index contributed by atoms with van der Waals surface area (Å²) >= 11 is 0. The molecule has 1 aromatic rings. The normalized spacial score (nSPS) is 14.7. The van der Waals surface area contributed by atoms with Gasteiger partial charge in [0.1, 0.15) is 5.60 Å². The molecular formula is C16H23NO2. The van der Waals surface area contributed by atoms with E-state index in [1.54, 1.807) is 4.90 Å². The fourth-order valence-corrected chi connectivity index (χ4v) is 2.29. The van der Waals surface area contributed by atoms with Crippen molar-refractivity contribution < 1.29 is 9.53 Å². The van der Waals surface area contributed by atoms with Crippen LogP contribution in [0.25, 0.3) is 0 Å². The predicted molar refractivity (Wildman–Crippen MR) is 77.8 cm³/mol. The van der Waals surface area contributed by atoms with E-state index in [9.17, 15) is 4.79 Å². The van der Waals surface area contributed by atoms with E-state index < -0.39 is 5.60 Å². The third-order valence-electron chi connectivity index (χ3n) is 3.28. The van der Waals surface area contributed by atoms with Crippen LogP contribution in [0.5, 0.6) is 0 Å². The summed E-state index contributed by atoms with van der Waals surface area (Å²) in [6, 6.07) is 6.36. The van der Waals surface area contributed by atoms with Crippen molar-refractivity contribution >= 4 is 11.8 Å². The van der Waals surface area contributed by atoms with Gasteiger partial charge in [-0.2, -0.15) is 0 Å². The summed E-state index contributed by atoms with van der Waals surface area (Å²) in [6.07, 6.45) is 0.665. The van der Waals surface area contributed by atoms with Crippen molar-refractivity contribution in [3.8, 4) is 0 Å². The predicted octanol–water partition coefficient (Wildman–Crippen LogP) is 4.11. The first kappa shape index (κ1) is 13.9. The number of hydrogen-bond acceptors (Lipinski definition) is 2. The topological polar surface area (TPSA) is 29.5 Å². The molecule has 0 bridgehead atoms. The number of ether oxygens (including phenoxy) is 1. The van der Waals surface area contributed by atoms with Crippen molar-refractivity contribution in [1.82, 2.24) is 0 Å². The second-order valence-corrected chi connectivity index (χ2v) is 6.42. The van der Waals surface area contributed by atoms with Crippen LogP contribution in [0.1, 0.15) is 51.7 Å². The number of hydrogen-bond donors (Lipinski definition) is 0. The fraction of sp³-hybridized carbons (Fsp3) is 0.562. The Bertz CT molecular complexity index is 486. The van der Waals surface area contributed by atoms with Crippen molar-refractivity contribution in [3.63, 3.8) is 0 Å². The molecule has 104 valence electrons. The van der Waals surface area contributed by atoms with Gasteiger partial charge in [0, 0.05) is 6.54 Å². The van der Waals surface area contributed by atoms with Crippen molar-refractivity contribution in [2.45, 2.75) is 52.6 Å². The van der Waals surface area contributed by atoms with Gasteiger partial charge in [0.2, 0.25) is 0 Å². The molecule has 0 atom stereocenters. The minimum Gasteiger partial charge on any atom is -0.443 e. The molecule has 0 saturated heterocycles. The SMILES string of the molecule is CC(C)c1ccc2c(c1)CCN2C(=O)OC(C)(C)C. The number of amides is 1. The van der Waals surface area contributed by atoms with Crippen LogP contribution in [0.15, 0.2) is 18.2 Å². The number of carbonyl (C=O) groups excluding carboxylic acids is 1. The molecule has 0 aromatic heterocycles. The average molecular weight is 261 g/mol. The zero-order valence-electron chi connectivity index (χ0n) is 12.5. The maximum absolute atomic E-state index is 12.1. The van der Waals surface area contributed by atoms with Crippen LogP contribution in [0.2, 0.25) is 0 Å². The first-order chi connectivity index (χ1) is 8.78. The maximum atomic E-state index is 12.1. The zero-order chi connectivity index (χ0) is 14.2. The lowest BCUT2D eigenvalue weighted by atomic mass is 10.00. The Labute approximate surface area is 115 Å². The number of benzene rings is 1. The van der Waals surface area contributed by atoms with Crippen molar-refractivity contribution in [1.29, 1.82) is 0 Å². The molecule has 0 N–H and O–H groups in total. The molecule has 3 nitrogen and oxygen atoms in total. The lowest BCUT2D eigenvalue weighted by molar-refractivity contribution is 0.0584. The van der Waals surface area contributed by atoms with Gasteiger partial charge in [-0.15, -0.1) is 0 Å². The second kappa shape index (κ2) is 4.87. The van der Waals surface area contributed by atoms with Gasteiger partial charge in [0.25, 0.3) is 0 Å². The molecule has 0 radical (unpaired) electrons. The van der Waals surface area contributed by atoms with E-state index in [1.807, 2.05) is 26.8 Å². The average Bonchev–Trinajstić information content (AvgIpc) is 2.68. The van der Waals surface area contributed by atoms with E-state index in [0.29, 0.717) is 12.5 Å². The highest BCUT2D eigenvalue weighted by molar-refractivity contribution is 5.90. The van der Waals surface area contributed by atoms with Crippen LogP contribution in [0.4, 0.5) is 10.5 Å². The van der Waals surface area contributed by atoms with E-state index in [4.69, 9.17) is 4.74 Å². The van der Waals surface area contributed by atoms with Gasteiger partial charge in [-0.1, -0.05) is 26.0 Å². The smallest absolute Gasteiger partial charge is 0.414 e. The van der Waals surface area contributed by atoms with E-state index in [2.05, 4.69) is 26.0 Å². The summed E-state index contributed by atoms with van der Waals surface area (Å²) in [5.74, 6) is 0.515. The fourth-order valence-electron chi connectivity index (χ4n) is 2.29. The molecule has 1 aliphatic rings. The monoisotopic (exact) mass is 261 g/mol. The Balaban J connectivity index is 2.21. The largest absolute Gasteiger partial charge is 0.443 e. The second-order valence-electron chi connectivity index (χ2n) is 6.42. The van der Waals surface area contributed by atoms with Crippen LogP contribution >= 0.6 is 0 Å². The summed E-state index contributed by atoms with van der Waals surface area (Å²) in [7, 11) is 0. The molecule has 1 heterocycles. The lowest BCUT2D eigenvalue weighted by Crippen LogP contribution is -2.35. The van der Waals surface area contributed by atoms with Crippen LogP contribution in [-0.4, -0.2) is 18.2 Å². The van der Waals surface area contributed by atoms with E-state index in [0.717, 1.165) is 12.1 Å². The first-order valence-corrected chi connectivity index (χ1v) is 6.91. The minimum atomic E-state index is -0.447. The Kier molecular flexibility index (Phi) is 3.57. The van der Waals surface area contributed by atoms with Gasteiger partial charge in [-0.3, -0.25) is 4.90 Å². The molecule has 0 saturated carbocycles. The molecule has 0 aliphatic carbocycles. The van der Waals surface area contributed by atoms with Crippen LogP contribution in [0, 0.1) is 0 Å². The summed E-state index contributed by atoms with van der Waals surface area (Å²) in [5, 5.41) is 0. The standard InChI is InChI=1S/C16H23NO2/c1-11(2)12-6-7-14-13(10-12)8-9-17(14)15(18)19-16(3,4)5/h6-7,10-11H,8-9H2,1-5H3. The number of carbonyl (C=O) groups is 1. The summed E-state index contributed by atoms with van der Waals surface area (Å²) in [5.41, 5.74) is 3.12. The first-order valence-electron chi connectivity index (χ1n) is 6.91. The van der Waals surface area contributed by atoms with Crippen molar-refractivity contribution in [2.24, 2.45) is 0 Å². The molecule has 1 aliphatic heterocycles. The molecule has 0 spiro atoms. The Morgan fingerprint density at radius 3 is 2.58 bits per heavy atom. The van der Waals surface area contributed by atoms with E-state index in [1.165, 1.54) is 11.1 Å². The zero-order valence-corrected chi connectivity index (χ0v) is 12.5. The number of anilines is 1. The van der Waals surface area contributed by atoms with Gasteiger partial charge >= 0.3 is 6.09 Å². The highest BCUT2D eigenvalue weighted by atomic mass is 16.6. The molecule has 1 amide bonds. The van der Waals surface area contributed by atoms with Crippen LogP contribution in [-0.2, 0) is 11.2 Å². The lowest BCUT2D eigenvalue weighted by Gasteiger charge is -2.24. The van der Waals surface area contributed by atoms with Gasteiger partial charge in [-0.25, -0.2) is 4.79 Å². The summed E-state index contributed by atoms with van der Waals surface area (Å²) < 4.78 is 5.44. The van der Waals surface area contributed by atoms with Gasteiger partial charge in [0.05, 0.1) is 5.69 Å². The van der Waals surface area contributed by atoms with E-state index >= 15 is 0 Å². The third kappa shape index (κ3) is 3.09. The van der Waals surface area contributed by atoms with Gasteiger partial charge in [-0.05, 0) is 50.3 Å². The highest BCUT2D eigenvalue weighted by Crippen LogP contribution is 2.31. The highest BCUT2D eigenvalue weighted by Gasteiger charge is 2.28. The number of rotatable bonds is 1. The van der Waals surface area contributed by atoms with Crippen LogP contribution in [0.3, 0.4) is 0 Å². The molecule has 0 fully saturated rings.